The fraction of sp³-hybridized carbons (Fsp3) is 0.500. The van der Waals surface area contributed by atoms with Gasteiger partial charge in [-0.15, -0.1) is 11.8 Å². The molecule has 0 spiro atoms. The first kappa shape index (κ1) is 14.5. The molecule has 0 radical (unpaired) electrons. The zero-order valence-corrected chi connectivity index (χ0v) is 11.4. The summed E-state index contributed by atoms with van der Waals surface area (Å²) in [6.07, 6.45) is 1.50. The molecule has 1 atom stereocenters. The third-order valence-electron chi connectivity index (χ3n) is 3.09. The smallest absolute Gasteiger partial charge is 0.199 e. The van der Waals surface area contributed by atoms with Crippen molar-refractivity contribution in [2.45, 2.75) is 17.9 Å². The molecule has 1 aromatic carbocycles. The second-order valence-electron chi connectivity index (χ2n) is 4.44. The first-order chi connectivity index (χ1) is 8.97. The number of hydrogen-bond acceptors (Lipinski definition) is 3. The number of nitrogens with one attached hydrogen (secondary N) is 1. The molecule has 2 nitrogen and oxygen atoms in total. The van der Waals surface area contributed by atoms with Gasteiger partial charge in [-0.2, -0.15) is 0 Å². The van der Waals surface area contributed by atoms with E-state index in [0.29, 0.717) is 19.6 Å². The third-order valence-corrected chi connectivity index (χ3v) is 3.87. The number of rotatable bonds is 2. The van der Waals surface area contributed by atoms with Crippen LogP contribution in [0.15, 0.2) is 4.90 Å². The second-order valence-corrected chi connectivity index (χ2v) is 5.26. The van der Waals surface area contributed by atoms with Gasteiger partial charge in [-0.25, -0.2) is 17.6 Å². The zero-order valence-electron chi connectivity index (χ0n) is 10.6. The minimum absolute atomic E-state index is 0.0685. The van der Waals surface area contributed by atoms with Crippen molar-refractivity contribution >= 4 is 17.4 Å². The average Bonchev–Trinajstić information content (AvgIpc) is 2.40. The molecule has 0 aromatic heterocycles. The average molecular weight is 294 g/mol. The normalized spacial score (nSPS) is 19.9. The maximum Gasteiger partial charge on any atom is 0.199 e. The van der Waals surface area contributed by atoms with Gasteiger partial charge in [-0.3, -0.25) is 0 Å². The van der Waals surface area contributed by atoms with E-state index in [4.69, 9.17) is 0 Å². The lowest BCUT2D eigenvalue weighted by molar-refractivity contribution is 0.393. The van der Waals surface area contributed by atoms with Gasteiger partial charge >= 0.3 is 0 Å². The Hall–Kier alpha value is -0.950. The Morgan fingerprint density at radius 3 is 2.32 bits per heavy atom. The van der Waals surface area contributed by atoms with Crippen LogP contribution in [0.4, 0.5) is 23.2 Å². The van der Waals surface area contributed by atoms with Gasteiger partial charge in [-0.1, -0.05) is 0 Å². The number of nitrogens with zero attached hydrogens (tertiary/aromatic N) is 1. The largest absolute Gasteiger partial charge is 0.365 e. The Morgan fingerprint density at radius 1 is 1.11 bits per heavy atom. The zero-order chi connectivity index (χ0) is 14.2. The first-order valence-electron chi connectivity index (χ1n) is 5.85. The molecule has 7 heteroatoms. The SMILES string of the molecule is CSc1c(F)c(F)c(F)c(F)c1N1CCN[C@@H](C)C1. The van der Waals surface area contributed by atoms with E-state index in [1.165, 1.54) is 6.26 Å². The quantitative estimate of drug-likeness (QED) is 0.391. The van der Waals surface area contributed by atoms with Gasteiger partial charge in [0.25, 0.3) is 0 Å². The molecule has 19 heavy (non-hydrogen) atoms. The molecule has 0 amide bonds. The van der Waals surface area contributed by atoms with Gasteiger partial charge in [0, 0.05) is 25.7 Å². The molecule has 0 unspecified atom stereocenters. The van der Waals surface area contributed by atoms with Crippen LogP contribution in [0.1, 0.15) is 6.92 Å². The van der Waals surface area contributed by atoms with Crippen molar-refractivity contribution in [3.63, 3.8) is 0 Å². The number of hydrogen-bond donors (Lipinski definition) is 1. The van der Waals surface area contributed by atoms with Crippen molar-refractivity contribution in [1.82, 2.24) is 5.32 Å². The van der Waals surface area contributed by atoms with Crippen molar-refractivity contribution in [3.05, 3.63) is 23.3 Å². The Bertz CT molecular complexity index is 495. The number of halogens is 4. The molecule has 1 N–H and O–H groups in total. The maximum absolute atomic E-state index is 13.9. The molecule has 0 aliphatic carbocycles. The van der Waals surface area contributed by atoms with E-state index in [9.17, 15) is 17.6 Å². The summed E-state index contributed by atoms with van der Waals surface area (Å²) >= 11 is 0.870. The van der Waals surface area contributed by atoms with Gasteiger partial charge in [0.1, 0.15) is 0 Å². The minimum atomic E-state index is -1.76. The number of piperazine rings is 1. The number of benzene rings is 1. The van der Waals surface area contributed by atoms with Gasteiger partial charge in [-0.05, 0) is 13.2 Å². The molecule has 1 saturated heterocycles. The van der Waals surface area contributed by atoms with Crippen molar-refractivity contribution in [2.75, 3.05) is 30.8 Å². The van der Waals surface area contributed by atoms with Crippen LogP contribution in [0.25, 0.3) is 0 Å². The highest BCUT2D eigenvalue weighted by Crippen LogP contribution is 2.37. The van der Waals surface area contributed by atoms with Crippen LogP contribution in [0.2, 0.25) is 0 Å². The van der Waals surface area contributed by atoms with Crippen molar-refractivity contribution in [1.29, 1.82) is 0 Å². The topological polar surface area (TPSA) is 15.3 Å². The predicted molar refractivity (Wildman–Crippen MR) is 67.7 cm³/mol. The van der Waals surface area contributed by atoms with E-state index in [-0.39, 0.29) is 16.6 Å². The Balaban J connectivity index is 2.55. The highest BCUT2D eigenvalue weighted by atomic mass is 32.2. The van der Waals surface area contributed by atoms with Crippen LogP contribution in [0, 0.1) is 23.3 Å². The maximum atomic E-state index is 13.9. The standard InChI is InChI=1S/C12H14F4N2S/c1-6-5-18(4-3-17-6)11-9(15)7(13)8(14)10(16)12(11)19-2/h6,17H,3-5H2,1-2H3/t6-/m0/s1. The predicted octanol–water partition coefficient (Wildman–Crippen LogP) is 2.76. The lowest BCUT2D eigenvalue weighted by atomic mass is 10.2. The molecular formula is C12H14F4N2S. The van der Waals surface area contributed by atoms with Gasteiger partial charge < -0.3 is 10.2 Å². The summed E-state index contributed by atoms with van der Waals surface area (Å²) in [5.41, 5.74) is -0.183. The molecule has 1 aliphatic rings. The van der Waals surface area contributed by atoms with Gasteiger partial charge in [0.15, 0.2) is 23.3 Å². The van der Waals surface area contributed by atoms with Crippen molar-refractivity contribution in [2.24, 2.45) is 0 Å². The molecule has 2 rings (SSSR count). The van der Waals surface area contributed by atoms with E-state index < -0.39 is 23.3 Å². The highest BCUT2D eigenvalue weighted by Gasteiger charge is 2.29. The summed E-state index contributed by atoms with van der Waals surface area (Å²) < 4.78 is 54.3. The minimum Gasteiger partial charge on any atom is -0.365 e. The monoisotopic (exact) mass is 294 g/mol. The van der Waals surface area contributed by atoms with Crippen LogP contribution < -0.4 is 10.2 Å². The summed E-state index contributed by atoms with van der Waals surface area (Å²) in [4.78, 5) is 1.36. The number of thioether (sulfide) groups is 1. The molecule has 0 saturated carbocycles. The summed E-state index contributed by atoms with van der Waals surface area (Å²) in [7, 11) is 0. The second kappa shape index (κ2) is 5.58. The molecule has 0 bridgehead atoms. The van der Waals surface area contributed by atoms with E-state index >= 15 is 0 Å². The first-order valence-corrected chi connectivity index (χ1v) is 7.08. The fourth-order valence-electron chi connectivity index (χ4n) is 2.20. The van der Waals surface area contributed by atoms with E-state index in [1.54, 1.807) is 4.90 Å². The highest BCUT2D eigenvalue weighted by molar-refractivity contribution is 7.98. The lowest BCUT2D eigenvalue weighted by Gasteiger charge is -2.35. The van der Waals surface area contributed by atoms with Crippen molar-refractivity contribution < 1.29 is 17.6 Å². The Labute approximate surface area is 113 Å². The Morgan fingerprint density at radius 2 is 1.74 bits per heavy atom. The Kier molecular flexibility index (Phi) is 4.25. The molecule has 1 aromatic rings. The summed E-state index contributed by atoms with van der Waals surface area (Å²) in [6, 6.07) is 0.0685. The van der Waals surface area contributed by atoms with Crippen LogP contribution in [-0.4, -0.2) is 31.9 Å². The van der Waals surface area contributed by atoms with E-state index in [2.05, 4.69) is 5.32 Å². The van der Waals surface area contributed by atoms with Crippen LogP contribution in [0.3, 0.4) is 0 Å². The molecular weight excluding hydrogens is 280 g/mol. The summed E-state index contributed by atoms with van der Waals surface area (Å²) in [6.45, 7) is 3.29. The molecule has 1 fully saturated rings. The van der Waals surface area contributed by atoms with E-state index in [1.807, 2.05) is 6.92 Å². The van der Waals surface area contributed by atoms with Crippen LogP contribution in [-0.2, 0) is 0 Å². The lowest BCUT2D eigenvalue weighted by Crippen LogP contribution is -2.49. The van der Waals surface area contributed by atoms with Crippen molar-refractivity contribution in [3.8, 4) is 0 Å². The summed E-state index contributed by atoms with van der Waals surface area (Å²) in [5, 5.41) is 3.15. The van der Waals surface area contributed by atoms with Gasteiger partial charge in [0.2, 0.25) is 0 Å². The third kappa shape index (κ3) is 2.53. The van der Waals surface area contributed by atoms with Crippen LogP contribution in [0.5, 0.6) is 0 Å². The molecule has 1 heterocycles. The molecule has 1 aliphatic heterocycles. The molecule has 106 valence electrons. The van der Waals surface area contributed by atoms with Crippen LogP contribution >= 0.6 is 11.8 Å². The summed E-state index contributed by atoms with van der Waals surface area (Å²) in [5.74, 6) is -6.16. The van der Waals surface area contributed by atoms with E-state index in [0.717, 1.165) is 11.8 Å². The number of anilines is 1. The fourth-order valence-corrected chi connectivity index (χ4v) is 2.88. The van der Waals surface area contributed by atoms with Gasteiger partial charge in [0.05, 0.1) is 10.6 Å².